The van der Waals surface area contributed by atoms with E-state index in [2.05, 4.69) is 10.3 Å². The van der Waals surface area contributed by atoms with Gasteiger partial charge in [0.2, 0.25) is 0 Å². The molecule has 2 N–H and O–H groups in total. The number of likely N-dealkylation sites (N-methyl/N-ethyl adjacent to an activating group) is 1. The van der Waals surface area contributed by atoms with Gasteiger partial charge in [-0.05, 0) is 31.7 Å². The fraction of sp³-hybridized carbons (Fsp3) is 0.444. The van der Waals surface area contributed by atoms with E-state index in [1.807, 2.05) is 13.0 Å². The molecule has 0 aliphatic heterocycles. The van der Waals surface area contributed by atoms with Crippen LogP contribution in [0.5, 0.6) is 0 Å². The lowest BCUT2D eigenvalue weighted by molar-refractivity contribution is 0.251. The average Bonchev–Trinajstić information content (AvgIpc) is 2.04. The third-order valence-corrected chi connectivity index (χ3v) is 2.07. The van der Waals surface area contributed by atoms with E-state index < -0.39 is 0 Å². The molecule has 0 aromatic carbocycles. The maximum absolute atomic E-state index is 9.04. The number of nitrogens with zero attached hydrogens (tertiary/aromatic N) is 1. The minimum atomic E-state index is -0.0702. The second kappa shape index (κ2) is 4.56. The van der Waals surface area contributed by atoms with Crippen molar-refractivity contribution >= 4 is 11.6 Å². The van der Waals surface area contributed by atoms with Crippen molar-refractivity contribution in [1.29, 1.82) is 0 Å². The number of aliphatic hydroxyl groups is 1. The van der Waals surface area contributed by atoms with Gasteiger partial charge in [0.25, 0.3) is 0 Å². The zero-order valence-corrected chi connectivity index (χ0v) is 8.47. The molecule has 0 radical (unpaired) electrons. The van der Waals surface area contributed by atoms with Crippen molar-refractivity contribution in [2.45, 2.75) is 13.0 Å². The second-order valence-corrected chi connectivity index (χ2v) is 3.28. The van der Waals surface area contributed by atoms with Crippen LogP contribution in [0.3, 0.4) is 0 Å². The molecular formula is C9H13ClN2O. The van der Waals surface area contributed by atoms with Gasteiger partial charge in [0, 0.05) is 5.69 Å². The fourth-order valence-corrected chi connectivity index (χ4v) is 1.48. The number of halogens is 1. The van der Waals surface area contributed by atoms with Crippen LogP contribution in [0.4, 0.5) is 0 Å². The van der Waals surface area contributed by atoms with Gasteiger partial charge in [-0.3, -0.25) is 0 Å². The molecule has 13 heavy (non-hydrogen) atoms. The number of nitrogens with one attached hydrogen (secondary N) is 1. The molecule has 1 rings (SSSR count). The summed E-state index contributed by atoms with van der Waals surface area (Å²) >= 11 is 5.79. The molecule has 72 valence electrons. The zero-order chi connectivity index (χ0) is 9.84. The fourth-order valence-electron chi connectivity index (χ4n) is 1.22. The summed E-state index contributed by atoms with van der Waals surface area (Å²) in [5.41, 5.74) is 1.82. The van der Waals surface area contributed by atoms with Gasteiger partial charge in [0.05, 0.1) is 12.6 Å². The first kappa shape index (κ1) is 10.4. The molecule has 4 heteroatoms. The number of rotatable bonds is 3. The molecule has 0 amide bonds. The SMILES string of the molecule is CN[C@H](CO)c1cc(C)nc(Cl)c1. The molecule has 0 fully saturated rings. The zero-order valence-electron chi connectivity index (χ0n) is 7.71. The summed E-state index contributed by atoms with van der Waals surface area (Å²) in [4.78, 5) is 4.04. The molecule has 1 aromatic heterocycles. The topological polar surface area (TPSA) is 45.1 Å². The van der Waals surface area contributed by atoms with E-state index in [0.29, 0.717) is 5.15 Å². The predicted molar refractivity (Wildman–Crippen MR) is 52.9 cm³/mol. The van der Waals surface area contributed by atoms with Gasteiger partial charge in [0.15, 0.2) is 0 Å². The van der Waals surface area contributed by atoms with Crippen LogP contribution in [0.1, 0.15) is 17.3 Å². The van der Waals surface area contributed by atoms with Crippen LogP contribution >= 0.6 is 11.6 Å². The quantitative estimate of drug-likeness (QED) is 0.723. The van der Waals surface area contributed by atoms with Crippen LogP contribution in [0, 0.1) is 6.92 Å². The molecular weight excluding hydrogens is 188 g/mol. The molecule has 0 saturated carbocycles. The Labute approximate surface area is 82.8 Å². The molecule has 0 aliphatic carbocycles. The standard InChI is InChI=1S/C9H13ClN2O/c1-6-3-7(4-9(10)12-6)8(5-13)11-2/h3-4,8,11,13H,5H2,1-2H3/t8-/m1/s1. The first-order chi connectivity index (χ1) is 6.17. The summed E-state index contributed by atoms with van der Waals surface area (Å²) in [7, 11) is 1.80. The normalized spacial score (nSPS) is 12.9. The Bertz CT molecular complexity index is 267. The van der Waals surface area contributed by atoms with Crippen molar-refractivity contribution in [2.24, 2.45) is 0 Å². The van der Waals surface area contributed by atoms with Crippen LogP contribution in [-0.4, -0.2) is 23.7 Å². The number of aryl methyl sites for hydroxylation is 1. The highest BCUT2D eigenvalue weighted by molar-refractivity contribution is 6.29. The minimum Gasteiger partial charge on any atom is -0.394 e. The van der Waals surface area contributed by atoms with Crippen LogP contribution in [0.15, 0.2) is 12.1 Å². The van der Waals surface area contributed by atoms with Gasteiger partial charge in [-0.2, -0.15) is 0 Å². The third kappa shape index (κ3) is 2.66. The largest absolute Gasteiger partial charge is 0.394 e. The van der Waals surface area contributed by atoms with Gasteiger partial charge in [-0.15, -0.1) is 0 Å². The Kier molecular flexibility index (Phi) is 3.66. The third-order valence-electron chi connectivity index (χ3n) is 1.88. The molecule has 0 saturated heterocycles. The van der Waals surface area contributed by atoms with Gasteiger partial charge in [-0.25, -0.2) is 4.98 Å². The van der Waals surface area contributed by atoms with Gasteiger partial charge in [0.1, 0.15) is 5.15 Å². The van der Waals surface area contributed by atoms with Crippen LogP contribution < -0.4 is 5.32 Å². The van der Waals surface area contributed by atoms with E-state index in [0.717, 1.165) is 11.3 Å². The number of hydrogen-bond acceptors (Lipinski definition) is 3. The summed E-state index contributed by atoms with van der Waals surface area (Å²) in [6.45, 7) is 1.93. The second-order valence-electron chi connectivity index (χ2n) is 2.89. The van der Waals surface area contributed by atoms with Crippen molar-refractivity contribution in [2.75, 3.05) is 13.7 Å². The highest BCUT2D eigenvalue weighted by Crippen LogP contribution is 2.16. The molecule has 3 nitrogen and oxygen atoms in total. The van der Waals surface area contributed by atoms with E-state index >= 15 is 0 Å². The highest BCUT2D eigenvalue weighted by atomic mass is 35.5. The predicted octanol–water partition coefficient (Wildman–Crippen LogP) is 1.30. The van der Waals surface area contributed by atoms with Crippen molar-refractivity contribution in [3.05, 3.63) is 28.5 Å². The monoisotopic (exact) mass is 200 g/mol. The minimum absolute atomic E-state index is 0.0519. The first-order valence-corrected chi connectivity index (χ1v) is 4.47. The lowest BCUT2D eigenvalue weighted by Crippen LogP contribution is -2.20. The van der Waals surface area contributed by atoms with Gasteiger partial charge >= 0.3 is 0 Å². The van der Waals surface area contributed by atoms with E-state index in [1.165, 1.54) is 0 Å². The Morgan fingerprint density at radius 3 is 2.77 bits per heavy atom. The summed E-state index contributed by atoms with van der Waals surface area (Å²) in [5.74, 6) is 0. The van der Waals surface area contributed by atoms with Crippen molar-refractivity contribution in [1.82, 2.24) is 10.3 Å². The molecule has 1 aromatic rings. The van der Waals surface area contributed by atoms with Gasteiger partial charge in [-0.1, -0.05) is 11.6 Å². The Balaban J connectivity index is 2.99. The highest BCUT2D eigenvalue weighted by Gasteiger charge is 2.08. The average molecular weight is 201 g/mol. The Hall–Kier alpha value is -0.640. The number of aromatic nitrogens is 1. The lowest BCUT2D eigenvalue weighted by Gasteiger charge is -2.13. The Morgan fingerprint density at radius 1 is 1.62 bits per heavy atom. The molecule has 1 atom stereocenters. The van der Waals surface area contributed by atoms with Crippen LogP contribution in [-0.2, 0) is 0 Å². The van der Waals surface area contributed by atoms with Crippen LogP contribution in [0.2, 0.25) is 5.15 Å². The number of hydrogen-bond donors (Lipinski definition) is 2. The lowest BCUT2D eigenvalue weighted by atomic mass is 10.1. The number of aliphatic hydroxyl groups excluding tert-OH is 1. The summed E-state index contributed by atoms with van der Waals surface area (Å²) in [6, 6.07) is 3.59. The van der Waals surface area contributed by atoms with Crippen molar-refractivity contribution < 1.29 is 5.11 Å². The van der Waals surface area contributed by atoms with E-state index in [9.17, 15) is 0 Å². The van der Waals surface area contributed by atoms with Crippen LogP contribution in [0.25, 0.3) is 0 Å². The van der Waals surface area contributed by atoms with E-state index in [4.69, 9.17) is 16.7 Å². The van der Waals surface area contributed by atoms with E-state index in [-0.39, 0.29) is 12.6 Å². The Morgan fingerprint density at radius 2 is 2.31 bits per heavy atom. The molecule has 0 aliphatic rings. The molecule has 1 heterocycles. The van der Waals surface area contributed by atoms with Gasteiger partial charge < -0.3 is 10.4 Å². The molecule has 0 unspecified atom stereocenters. The molecule has 0 bridgehead atoms. The summed E-state index contributed by atoms with van der Waals surface area (Å²) in [6.07, 6.45) is 0. The van der Waals surface area contributed by atoms with Crippen molar-refractivity contribution in [3.63, 3.8) is 0 Å². The van der Waals surface area contributed by atoms with E-state index in [1.54, 1.807) is 13.1 Å². The number of pyridine rings is 1. The molecule has 0 spiro atoms. The smallest absolute Gasteiger partial charge is 0.129 e. The first-order valence-electron chi connectivity index (χ1n) is 4.09. The maximum atomic E-state index is 9.04. The maximum Gasteiger partial charge on any atom is 0.129 e. The summed E-state index contributed by atoms with van der Waals surface area (Å²) < 4.78 is 0. The van der Waals surface area contributed by atoms with Crippen molar-refractivity contribution in [3.8, 4) is 0 Å². The summed E-state index contributed by atoms with van der Waals surface area (Å²) in [5, 5.41) is 12.5.